The molecule has 2 amide bonds. The lowest BCUT2D eigenvalue weighted by molar-refractivity contribution is 0.0697. The highest BCUT2D eigenvalue weighted by molar-refractivity contribution is 6.04. The van der Waals surface area contributed by atoms with Gasteiger partial charge in [0.2, 0.25) is 0 Å². The molecule has 0 atom stereocenters. The first-order valence-corrected chi connectivity index (χ1v) is 8.66. The Morgan fingerprint density at radius 3 is 2.64 bits per heavy atom. The van der Waals surface area contributed by atoms with Gasteiger partial charge in [0, 0.05) is 30.5 Å². The molecule has 0 spiro atoms. The molecule has 130 valence electrons. The van der Waals surface area contributed by atoms with Gasteiger partial charge in [-0.15, -0.1) is 0 Å². The van der Waals surface area contributed by atoms with Gasteiger partial charge >= 0.3 is 0 Å². The predicted octanol–water partition coefficient (Wildman–Crippen LogP) is 3.51. The average Bonchev–Trinajstić information content (AvgIpc) is 2.62. The van der Waals surface area contributed by atoms with Crippen molar-refractivity contribution < 1.29 is 9.59 Å². The number of hydrogen-bond acceptors (Lipinski definition) is 3. The summed E-state index contributed by atoms with van der Waals surface area (Å²) in [5, 5.41) is 2.82. The van der Waals surface area contributed by atoms with Crippen LogP contribution in [-0.4, -0.2) is 34.8 Å². The summed E-state index contributed by atoms with van der Waals surface area (Å²) in [6, 6.07) is 10.8. The van der Waals surface area contributed by atoms with Crippen molar-refractivity contribution in [3.63, 3.8) is 0 Å². The molecule has 1 aliphatic rings. The summed E-state index contributed by atoms with van der Waals surface area (Å²) in [6.07, 6.45) is 3.57. The highest BCUT2D eigenvalue weighted by Gasteiger charge is 2.22. The lowest BCUT2D eigenvalue weighted by Crippen LogP contribution is -2.38. The Hall–Kier alpha value is -2.69. The van der Waals surface area contributed by atoms with Crippen molar-refractivity contribution in [1.29, 1.82) is 0 Å². The Morgan fingerprint density at radius 2 is 1.92 bits per heavy atom. The maximum absolute atomic E-state index is 12.7. The number of aromatic nitrogens is 1. The van der Waals surface area contributed by atoms with E-state index in [-0.39, 0.29) is 17.5 Å². The summed E-state index contributed by atoms with van der Waals surface area (Å²) in [6.45, 7) is 5.72. The number of benzene rings is 1. The molecule has 0 aliphatic carbocycles. The smallest absolute Gasteiger partial charge is 0.274 e. The van der Waals surface area contributed by atoms with E-state index in [0.29, 0.717) is 17.2 Å². The molecule has 1 aromatic carbocycles. The van der Waals surface area contributed by atoms with Crippen molar-refractivity contribution in [1.82, 2.24) is 9.88 Å². The number of nitrogens with zero attached hydrogens (tertiary/aromatic N) is 2. The van der Waals surface area contributed by atoms with Gasteiger partial charge in [-0.05, 0) is 55.5 Å². The van der Waals surface area contributed by atoms with Gasteiger partial charge in [-0.1, -0.05) is 19.1 Å². The van der Waals surface area contributed by atoms with E-state index in [1.54, 1.807) is 12.1 Å². The number of hydrogen-bond donors (Lipinski definition) is 1. The third-order valence-electron chi connectivity index (χ3n) is 4.59. The van der Waals surface area contributed by atoms with Crippen molar-refractivity contribution in [3.05, 3.63) is 59.4 Å². The molecule has 5 nitrogen and oxygen atoms in total. The minimum Gasteiger partial charge on any atom is -0.339 e. The number of carbonyl (C=O) groups is 2. The van der Waals surface area contributed by atoms with Gasteiger partial charge in [0.25, 0.3) is 11.8 Å². The van der Waals surface area contributed by atoms with Crippen LogP contribution in [0.3, 0.4) is 0 Å². The van der Waals surface area contributed by atoms with Crippen LogP contribution in [-0.2, 0) is 0 Å². The first-order chi connectivity index (χ1) is 12.0. The number of piperidine rings is 1. The number of aryl methyl sites for hydroxylation is 1. The fourth-order valence-corrected chi connectivity index (χ4v) is 3.00. The van der Waals surface area contributed by atoms with Gasteiger partial charge in [0.05, 0.1) is 0 Å². The van der Waals surface area contributed by atoms with E-state index in [0.717, 1.165) is 31.5 Å². The van der Waals surface area contributed by atoms with E-state index in [1.807, 2.05) is 36.1 Å². The molecule has 0 radical (unpaired) electrons. The minimum atomic E-state index is -0.312. The summed E-state index contributed by atoms with van der Waals surface area (Å²) in [7, 11) is 0. The zero-order valence-electron chi connectivity index (χ0n) is 14.7. The van der Waals surface area contributed by atoms with E-state index >= 15 is 0 Å². The monoisotopic (exact) mass is 337 g/mol. The number of rotatable bonds is 3. The summed E-state index contributed by atoms with van der Waals surface area (Å²) in [5.41, 5.74) is 2.54. The summed E-state index contributed by atoms with van der Waals surface area (Å²) in [5.74, 6) is 0.323. The molecule has 1 N–H and O–H groups in total. The first kappa shape index (κ1) is 17.1. The van der Waals surface area contributed by atoms with Gasteiger partial charge in [0.1, 0.15) is 5.69 Å². The van der Waals surface area contributed by atoms with Crippen LogP contribution in [0.25, 0.3) is 0 Å². The third kappa shape index (κ3) is 4.24. The fraction of sp³-hybridized carbons (Fsp3) is 0.350. The molecule has 1 aliphatic heterocycles. The third-order valence-corrected chi connectivity index (χ3v) is 4.59. The van der Waals surface area contributed by atoms with Crippen LogP contribution in [0.4, 0.5) is 5.69 Å². The SMILES string of the molecule is Cc1cccc(NC(=O)c2cc(C(=O)N3CCC(C)CC3)ccn2)c1. The molecule has 25 heavy (non-hydrogen) atoms. The highest BCUT2D eigenvalue weighted by Crippen LogP contribution is 2.18. The summed E-state index contributed by atoms with van der Waals surface area (Å²) in [4.78, 5) is 31.0. The Kier molecular flexibility index (Phi) is 5.12. The van der Waals surface area contributed by atoms with E-state index in [4.69, 9.17) is 0 Å². The number of pyridine rings is 1. The maximum atomic E-state index is 12.7. The van der Waals surface area contributed by atoms with Gasteiger partial charge in [0.15, 0.2) is 0 Å². The standard InChI is InChI=1S/C20H23N3O2/c1-14-7-10-23(11-8-14)20(25)16-6-9-21-18(13-16)19(24)22-17-5-3-4-15(2)12-17/h3-6,9,12-14H,7-8,10-11H2,1-2H3,(H,22,24). The van der Waals surface area contributed by atoms with Gasteiger partial charge < -0.3 is 10.2 Å². The minimum absolute atomic E-state index is 0.0288. The summed E-state index contributed by atoms with van der Waals surface area (Å²) < 4.78 is 0. The van der Waals surface area contributed by atoms with Crippen molar-refractivity contribution in [3.8, 4) is 0 Å². The molecule has 0 saturated carbocycles. The second-order valence-corrected chi connectivity index (χ2v) is 6.73. The molecule has 0 unspecified atom stereocenters. The molecule has 5 heteroatoms. The number of anilines is 1. The molecule has 0 bridgehead atoms. The molecule has 2 aromatic rings. The Bertz CT molecular complexity index is 780. The topological polar surface area (TPSA) is 62.3 Å². The molecule has 2 heterocycles. The van der Waals surface area contributed by atoms with Gasteiger partial charge in [-0.2, -0.15) is 0 Å². The van der Waals surface area contributed by atoms with E-state index in [2.05, 4.69) is 17.2 Å². The van der Waals surface area contributed by atoms with Gasteiger partial charge in [-0.3, -0.25) is 14.6 Å². The molecule has 1 fully saturated rings. The van der Waals surface area contributed by atoms with Crippen LogP contribution < -0.4 is 5.32 Å². The second kappa shape index (κ2) is 7.47. The molecular weight excluding hydrogens is 314 g/mol. The van der Waals surface area contributed by atoms with Crippen LogP contribution in [0.1, 0.15) is 46.2 Å². The van der Waals surface area contributed by atoms with Crippen molar-refractivity contribution in [2.24, 2.45) is 5.92 Å². The first-order valence-electron chi connectivity index (χ1n) is 8.66. The van der Waals surface area contributed by atoms with E-state index < -0.39 is 0 Å². The van der Waals surface area contributed by atoms with Gasteiger partial charge in [-0.25, -0.2) is 0 Å². The average molecular weight is 337 g/mol. The van der Waals surface area contributed by atoms with Crippen LogP contribution in [0.2, 0.25) is 0 Å². The van der Waals surface area contributed by atoms with E-state index in [9.17, 15) is 9.59 Å². The second-order valence-electron chi connectivity index (χ2n) is 6.73. The van der Waals surface area contributed by atoms with Crippen molar-refractivity contribution in [2.45, 2.75) is 26.7 Å². The maximum Gasteiger partial charge on any atom is 0.274 e. The molecule has 1 saturated heterocycles. The number of nitrogens with one attached hydrogen (secondary N) is 1. The molecule has 3 rings (SSSR count). The highest BCUT2D eigenvalue weighted by atomic mass is 16.2. The van der Waals surface area contributed by atoms with Crippen molar-refractivity contribution in [2.75, 3.05) is 18.4 Å². The zero-order valence-corrected chi connectivity index (χ0v) is 14.7. The van der Waals surface area contributed by atoms with Crippen LogP contribution in [0, 0.1) is 12.8 Å². The zero-order chi connectivity index (χ0) is 17.8. The predicted molar refractivity (Wildman–Crippen MR) is 97.7 cm³/mol. The number of amides is 2. The fourth-order valence-electron chi connectivity index (χ4n) is 3.00. The van der Waals surface area contributed by atoms with Crippen LogP contribution in [0.15, 0.2) is 42.6 Å². The molecular formula is C20H23N3O2. The van der Waals surface area contributed by atoms with E-state index in [1.165, 1.54) is 6.20 Å². The quantitative estimate of drug-likeness (QED) is 0.932. The lowest BCUT2D eigenvalue weighted by atomic mass is 9.98. The largest absolute Gasteiger partial charge is 0.339 e. The van der Waals surface area contributed by atoms with Crippen LogP contribution in [0.5, 0.6) is 0 Å². The Labute approximate surface area is 148 Å². The Morgan fingerprint density at radius 1 is 1.16 bits per heavy atom. The molecule has 1 aromatic heterocycles. The lowest BCUT2D eigenvalue weighted by Gasteiger charge is -2.30. The number of carbonyl (C=O) groups excluding carboxylic acids is 2. The number of likely N-dealkylation sites (tertiary alicyclic amines) is 1. The van der Waals surface area contributed by atoms with Crippen LogP contribution >= 0.6 is 0 Å². The summed E-state index contributed by atoms with van der Waals surface area (Å²) >= 11 is 0. The Balaban J connectivity index is 1.72. The normalized spacial score (nSPS) is 15.0. The van der Waals surface area contributed by atoms with Crippen molar-refractivity contribution >= 4 is 17.5 Å².